The van der Waals surface area contributed by atoms with Crippen LogP contribution in [0.3, 0.4) is 0 Å². The van der Waals surface area contributed by atoms with Gasteiger partial charge in [0, 0.05) is 9.79 Å². The van der Waals surface area contributed by atoms with Crippen molar-refractivity contribution in [1.29, 1.82) is 0 Å². The highest BCUT2D eigenvalue weighted by molar-refractivity contribution is 7.85. The van der Waals surface area contributed by atoms with Gasteiger partial charge in [-0.2, -0.15) is 0 Å². The third kappa shape index (κ3) is 2.61. The van der Waals surface area contributed by atoms with Gasteiger partial charge in [-0.1, -0.05) is 24.3 Å². The van der Waals surface area contributed by atoms with E-state index in [4.69, 9.17) is 13.1 Å². The van der Waals surface area contributed by atoms with Crippen LogP contribution < -0.4 is 0 Å². The molecule has 2 aromatic carbocycles. The maximum absolute atomic E-state index is 12.5. The van der Waals surface area contributed by atoms with Crippen molar-refractivity contribution in [3.8, 4) is 0 Å². The molecular formula is C16H12N2OS. The van der Waals surface area contributed by atoms with Crippen LogP contribution in [0.5, 0.6) is 0 Å². The van der Waals surface area contributed by atoms with E-state index in [-0.39, 0.29) is 0 Å². The molecule has 0 heterocycles. The molecule has 1 unspecified atom stereocenters. The number of nitrogens with zero attached hydrogens (tertiary/aromatic N) is 2. The summed E-state index contributed by atoms with van der Waals surface area (Å²) in [6.45, 7) is 17.8. The van der Waals surface area contributed by atoms with Crippen LogP contribution in [0.25, 0.3) is 9.69 Å². The second-order valence-corrected chi connectivity index (χ2v) is 5.87. The van der Waals surface area contributed by atoms with Crippen molar-refractivity contribution in [2.24, 2.45) is 0 Å². The molecule has 98 valence electrons. The molecule has 2 aromatic rings. The highest BCUT2D eigenvalue weighted by Gasteiger charge is 2.10. The molecular weight excluding hydrogens is 268 g/mol. The zero-order chi connectivity index (χ0) is 14.7. The minimum Gasteiger partial charge on any atom is -0.249 e. The molecule has 3 nitrogen and oxygen atoms in total. The predicted molar refractivity (Wildman–Crippen MR) is 79.6 cm³/mol. The van der Waals surface area contributed by atoms with E-state index in [1.165, 1.54) is 0 Å². The average Bonchev–Trinajstić information content (AvgIpc) is 2.47. The summed E-state index contributed by atoms with van der Waals surface area (Å²) in [7, 11) is -1.33. The Labute approximate surface area is 121 Å². The van der Waals surface area contributed by atoms with Crippen molar-refractivity contribution >= 4 is 22.2 Å². The van der Waals surface area contributed by atoms with Crippen LogP contribution in [0.1, 0.15) is 11.1 Å². The van der Waals surface area contributed by atoms with Gasteiger partial charge in [-0.05, 0) is 37.1 Å². The molecule has 0 aromatic heterocycles. The molecule has 0 amide bonds. The van der Waals surface area contributed by atoms with E-state index >= 15 is 0 Å². The Kier molecular flexibility index (Phi) is 3.98. The first kappa shape index (κ1) is 14.0. The molecule has 0 fully saturated rings. The largest absolute Gasteiger partial charge is 0.249 e. The van der Waals surface area contributed by atoms with Crippen LogP contribution in [0.2, 0.25) is 0 Å². The maximum Gasteiger partial charge on any atom is 0.191 e. The van der Waals surface area contributed by atoms with E-state index in [1.807, 2.05) is 13.8 Å². The average molecular weight is 280 g/mol. The maximum atomic E-state index is 12.5. The van der Waals surface area contributed by atoms with Gasteiger partial charge in [0.15, 0.2) is 11.4 Å². The monoisotopic (exact) mass is 280 g/mol. The summed E-state index contributed by atoms with van der Waals surface area (Å²) in [4.78, 5) is 8.08. The summed E-state index contributed by atoms with van der Waals surface area (Å²) in [6.07, 6.45) is 0. The van der Waals surface area contributed by atoms with Gasteiger partial charge in [0.05, 0.1) is 23.9 Å². The Morgan fingerprint density at radius 1 is 0.850 bits per heavy atom. The lowest BCUT2D eigenvalue weighted by Gasteiger charge is -2.06. The van der Waals surface area contributed by atoms with Crippen LogP contribution in [-0.4, -0.2) is 4.21 Å². The van der Waals surface area contributed by atoms with E-state index in [1.54, 1.807) is 36.4 Å². The number of hydrogen-bond donors (Lipinski definition) is 0. The van der Waals surface area contributed by atoms with Crippen molar-refractivity contribution in [3.63, 3.8) is 0 Å². The summed E-state index contributed by atoms with van der Waals surface area (Å²) in [5.41, 5.74) is 2.77. The van der Waals surface area contributed by atoms with Gasteiger partial charge in [-0.15, -0.1) is 0 Å². The molecule has 0 saturated carbocycles. The van der Waals surface area contributed by atoms with E-state index < -0.39 is 10.8 Å². The molecule has 20 heavy (non-hydrogen) atoms. The molecule has 0 aliphatic heterocycles. The molecule has 0 radical (unpaired) electrons. The van der Waals surface area contributed by atoms with Gasteiger partial charge in [0.25, 0.3) is 0 Å². The molecule has 0 saturated heterocycles. The van der Waals surface area contributed by atoms with Crippen molar-refractivity contribution in [3.05, 3.63) is 70.4 Å². The van der Waals surface area contributed by atoms with E-state index in [2.05, 4.69) is 9.69 Å². The zero-order valence-electron chi connectivity index (χ0n) is 11.2. The molecule has 0 N–H and O–H groups in total. The molecule has 0 aliphatic rings. The number of hydrogen-bond acceptors (Lipinski definition) is 1. The second-order valence-electron chi connectivity index (χ2n) is 4.39. The quantitative estimate of drug-likeness (QED) is 0.740. The lowest BCUT2D eigenvalue weighted by Crippen LogP contribution is -1.93. The van der Waals surface area contributed by atoms with Crippen LogP contribution in [0.15, 0.2) is 46.2 Å². The first-order chi connectivity index (χ1) is 9.56. The van der Waals surface area contributed by atoms with Crippen LogP contribution in [0.4, 0.5) is 11.4 Å². The lowest BCUT2D eigenvalue weighted by atomic mass is 10.2. The second kappa shape index (κ2) is 5.69. The zero-order valence-corrected chi connectivity index (χ0v) is 12.0. The Hall–Kier alpha value is -2.43. The van der Waals surface area contributed by atoms with Crippen molar-refractivity contribution in [2.75, 3.05) is 0 Å². The van der Waals surface area contributed by atoms with Crippen molar-refractivity contribution in [2.45, 2.75) is 23.6 Å². The molecule has 0 spiro atoms. The first-order valence-corrected chi connectivity index (χ1v) is 7.10. The first-order valence-electron chi connectivity index (χ1n) is 5.95. The lowest BCUT2D eigenvalue weighted by molar-refractivity contribution is 0.683. The van der Waals surface area contributed by atoms with Crippen molar-refractivity contribution in [1.82, 2.24) is 0 Å². The highest BCUT2D eigenvalue weighted by Crippen LogP contribution is 2.27. The van der Waals surface area contributed by atoms with Crippen molar-refractivity contribution < 1.29 is 4.21 Å². The topological polar surface area (TPSA) is 25.8 Å². The van der Waals surface area contributed by atoms with Gasteiger partial charge < -0.3 is 0 Å². The number of benzene rings is 2. The normalized spacial score (nSPS) is 11.4. The fourth-order valence-electron chi connectivity index (χ4n) is 1.83. The minimum atomic E-state index is -1.33. The SMILES string of the molecule is [C-]#[N+]c1ccc(S(=O)c2ccc(C)c([N+]#[C-])c2)cc1C. The molecule has 2 rings (SSSR count). The summed E-state index contributed by atoms with van der Waals surface area (Å²) in [6, 6.07) is 10.4. The number of aryl methyl sites for hydroxylation is 2. The smallest absolute Gasteiger partial charge is 0.191 e. The van der Waals surface area contributed by atoms with Gasteiger partial charge in [0.2, 0.25) is 0 Å². The fraction of sp³-hybridized carbons (Fsp3) is 0.125. The van der Waals surface area contributed by atoms with E-state index in [9.17, 15) is 4.21 Å². The van der Waals surface area contributed by atoms with Gasteiger partial charge >= 0.3 is 0 Å². The van der Waals surface area contributed by atoms with Gasteiger partial charge in [0.1, 0.15) is 0 Å². The minimum absolute atomic E-state index is 0.519. The summed E-state index contributed by atoms with van der Waals surface area (Å²) >= 11 is 0. The summed E-state index contributed by atoms with van der Waals surface area (Å²) in [5.74, 6) is 0. The Morgan fingerprint density at radius 2 is 1.45 bits per heavy atom. The van der Waals surface area contributed by atoms with Gasteiger partial charge in [-0.3, -0.25) is 0 Å². The third-order valence-corrected chi connectivity index (χ3v) is 4.38. The van der Waals surface area contributed by atoms with Crippen LogP contribution in [-0.2, 0) is 10.8 Å². The Bertz CT molecular complexity index is 782. The molecule has 4 heteroatoms. The predicted octanol–water partition coefficient (Wildman–Crippen LogP) is 4.57. The molecule has 1 atom stereocenters. The van der Waals surface area contributed by atoms with Crippen LogP contribution >= 0.6 is 0 Å². The van der Waals surface area contributed by atoms with Gasteiger partial charge in [-0.25, -0.2) is 13.9 Å². The molecule has 0 bridgehead atoms. The Balaban J connectivity index is 2.45. The summed E-state index contributed by atoms with van der Waals surface area (Å²) < 4.78 is 12.5. The fourth-order valence-corrected chi connectivity index (χ4v) is 2.99. The van der Waals surface area contributed by atoms with E-state index in [0.717, 1.165) is 11.1 Å². The van der Waals surface area contributed by atoms with Crippen LogP contribution in [0, 0.1) is 27.0 Å². The highest BCUT2D eigenvalue weighted by atomic mass is 32.2. The Morgan fingerprint density at radius 3 is 2.05 bits per heavy atom. The van der Waals surface area contributed by atoms with E-state index in [0.29, 0.717) is 21.2 Å². The third-order valence-electron chi connectivity index (χ3n) is 3.02. The molecule has 0 aliphatic carbocycles. The summed E-state index contributed by atoms with van der Waals surface area (Å²) in [5, 5.41) is 0. The standard InChI is InChI=1S/C16H12N2OS/c1-11-5-6-14(10-16(11)18-4)20(19)13-7-8-15(17-3)12(2)9-13/h5-10H,1-2H3. The number of rotatable bonds is 2.